The van der Waals surface area contributed by atoms with Crippen LogP contribution in [0.2, 0.25) is 0 Å². The van der Waals surface area contributed by atoms with Crippen LogP contribution in [0.15, 0.2) is 24.5 Å². The topological polar surface area (TPSA) is 85.0 Å². The molecule has 1 amide bonds. The van der Waals surface area contributed by atoms with Crippen molar-refractivity contribution in [3.63, 3.8) is 0 Å². The number of rotatable bonds is 4. The summed E-state index contributed by atoms with van der Waals surface area (Å²) in [5, 5.41) is 10.3. The molecule has 0 aliphatic carbocycles. The zero-order valence-corrected chi connectivity index (χ0v) is 11.3. The van der Waals surface area contributed by atoms with Crippen LogP contribution in [0.3, 0.4) is 0 Å². The summed E-state index contributed by atoms with van der Waals surface area (Å²) in [7, 11) is 0. The molecule has 2 heterocycles. The summed E-state index contributed by atoms with van der Waals surface area (Å²) in [5.41, 5.74) is 10.5. The van der Waals surface area contributed by atoms with Crippen LogP contribution in [0, 0.1) is 6.92 Å². The number of carbonyl (C=O) groups is 1. The fourth-order valence-electron chi connectivity index (χ4n) is 2.34. The van der Waals surface area contributed by atoms with Gasteiger partial charge in [0.05, 0.1) is 30.5 Å². The van der Waals surface area contributed by atoms with Crippen molar-refractivity contribution in [2.75, 3.05) is 22.9 Å². The average Bonchev–Trinajstić information content (AvgIpc) is 2.95. The Morgan fingerprint density at radius 1 is 1.50 bits per heavy atom. The van der Waals surface area contributed by atoms with E-state index in [1.165, 1.54) is 0 Å². The molecule has 0 unspecified atom stereocenters. The van der Waals surface area contributed by atoms with Gasteiger partial charge in [-0.25, -0.2) is 0 Å². The molecular weight excluding hydrogens is 254 g/mol. The van der Waals surface area contributed by atoms with Crippen molar-refractivity contribution in [3.8, 4) is 0 Å². The molecule has 2 aromatic rings. The highest BCUT2D eigenvalue weighted by Gasteiger charge is 2.19. The number of aryl methyl sites for hydroxylation is 1. The van der Waals surface area contributed by atoms with E-state index in [0.717, 1.165) is 35.6 Å². The van der Waals surface area contributed by atoms with Gasteiger partial charge in [0.15, 0.2) is 0 Å². The minimum Gasteiger partial charge on any atom is -0.397 e. The smallest absolute Gasteiger partial charge is 0.228 e. The van der Waals surface area contributed by atoms with Crippen molar-refractivity contribution in [2.24, 2.45) is 0 Å². The molecule has 6 heteroatoms. The first-order chi connectivity index (χ1) is 9.61. The zero-order valence-electron chi connectivity index (χ0n) is 11.3. The van der Waals surface area contributed by atoms with E-state index in [0.29, 0.717) is 12.1 Å². The van der Waals surface area contributed by atoms with Crippen LogP contribution in [-0.2, 0) is 17.8 Å². The molecule has 1 aliphatic rings. The minimum atomic E-state index is 0.0172. The van der Waals surface area contributed by atoms with Crippen molar-refractivity contribution >= 4 is 23.0 Å². The summed E-state index contributed by atoms with van der Waals surface area (Å²) in [6.45, 7) is 3.49. The molecule has 0 saturated carbocycles. The molecule has 0 bridgehead atoms. The van der Waals surface area contributed by atoms with Gasteiger partial charge in [-0.2, -0.15) is 5.10 Å². The Bertz CT molecular complexity index is 662. The maximum Gasteiger partial charge on any atom is 0.228 e. The van der Waals surface area contributed by atoms with Gasteiger partial charge in [0.2, 0.25) is 5.91 Å². The number of carbonyl (C=O) groups excluding carboxylic acids is 1. The molecule has 6 nitrogen and oxygen atoms in total. The summed E-state index contributed by atoms with van der Waals surface area (Å²) in [6.07, 6.45) is 4.24. The van der Waals surface area contributed by atoms with E-state index in [9.17, 15) is 4.79 Å². The zero-order chi connectivity index (χ0) is 14.1. The maximum absolute atomic E-state index is 11.3. The number of nitrogens with two attached hydrogens (primary N) is 1. The summed E-state index contributed by atoms with van der Waals surface area (Å²) in [6, 6.07) is 3.75. The van der Waals surface area contributed by atoms with Gasteiger partial charge in [-0.1, -0.05) is 0 Å². The highest BCUT2D eigenvalue weighted by molar-refractivity contribution is 6.00. The molecule has 4 N–H and O–H groups in total. The number of amides is 1. The number of nitrogens with one attached hydrogen (secondary N) is 2. The van der Waals surface area contributed by atoms with Gasteiger partial charge in [-0.3, -0.25) is 9.48 Å². The summed E-state index contributed by atoms with van der Waals surface area (Å²) < 4.78 is 1.88. The second kappa shape index (κ2) is 4.88. The molecule has 1 aromatic heterocycles. The quantitative estimate of drug-likeness (QED) is 0.733. The fourth-order valence-corrected chi connectivity index (χ4v) is 2.34. The molecule has 104 valence electrons. The lowest BCUT2D eigenvalue weighted by molar-refractivity contribution is -0.115. The Morgan fingerprint density at radius 3 is 3.10 bits per heavy atom. The molecule has 1 aliphatic heterocycles. The van der Waals surface area contributed by atoms with Crippen LogP contribution >= 0.6 is 0 Å². The lowest BCUT2D eigenvalue weighted by Gasteiger charge is -2.11. The predicted octanol–water partition coefficient (Wildman–Crippen LogP) is 1.38. The number of benzene rings is 1. The Balaban J connectivity index is 1.66. The second-order valence-electron chi connectivity index (χ2n) is 5.03. The number of hydrogen-bond donors (Lipinski definition) is 3. The largest absolute Gasteiger partial charge is 0.397 e. The van der Waals surface area contributed by atoms with E-state index < -0.39 is 0 Å². The van der Waals surface area contributed by atoms with Crippen LogP contribution in [0.4, 0.5) is 17.1 Å². The van der Waals surface area contributed by atoms with Crippen molar-refractivity contribution in [1.82, 2.24) is 9.78 Å². The van der Waals surface area contributed by atoms with Gasteiger partial charge in [-0.15, -0.1) is 0 Å². The predicted molar refractivity (Wildman–Crippen MR) is 78.6 cm³/mol. The number of aromatic nitrogens is 2. The number of fused-ring (bicyclic) bond motifs is 1. The number of nitrogen functional groups attached to an aromatic ring is 1. The summed E-state index contributed by atoms with van der Waals surface area (Å²) >= 11 is 0. The Hall–Kier alpha value is -2.50. The van der Waals surface area contributed by atoms with Crippen LogP contribution in [0.1, 0.15) is 11.1 Å². The van der Waals surface area contributed by atoms with Crippen LogP contribution < -0.4 is 16.4 Å². The second-order valence-corrected chi connectivity index (χ2v) is 5.03. The van der Waals surface area contributed by atoms with E-state index in [4.69, 9.17) is 5.73 Å². The number of nitrogens with zero attached hydrogens (tertiary/aromatic N) is 2. The molecule has 0 saturated heterocycles. The van der Waals surface area contributed by atoms with Crippen molar-refractivity contribution in [2.45, 2.75) is 19.9 Å². The third kappa shape index (κ3) is 2.45. The van der Waals surface area contributed by atoms with Crippen LogP contribution in [0.25, 0.3) is 0 Å². The molecule has 0 atom stereocenters. The van der Waals surface area contributed by atoms with Crippen LogP contribution in [0.5, 0.6) is 0 Å². The highest BCUT2D eigenvalue weighted by Crippen LogP contribution is 2.31. The average molecular weight is 271 g/mol. The number of anilines is 3. The van der Waals surface area contributed by atoms with Gasteiger partial charge < -0.3 is 16.4 Å². The Kier molecular flexibility index (Phi) is 3.06. The monoisotopic (exact) mass is 271 g/mol. The van der Waals surface area contributed by atoms with Crippen molar-refractivity contribution in [3.05, 3.63) is 35.7 Å². The SMILES string of the molecule is Cc1cnn(CCNc2cc3c(cc2N)CC(=O)N3)c1. The first-order valence-electron chi connectivity index (χ1n) is 6.57. The lowest BCUT2D eigenvalue weighted by Crippen LogP contribution is -2.12. The number of hydrogen-bond acceptors (Lipinski definition) is 4. The van der Waals surface area contributed by atoms with Gasteiger partial charge in [0, 0.05) is 18.4 Å². The lowest BCUT2D eigenvalue weighted by atomic mass is 10.1. The molecule has 1 aromatic carbocycles. The molecule has 0 radical (unpaired) electrons. The first kappa shape index (κ1) is 12.5. The third-order valence-electron chi connectivity index (χ3n) is 3.32. The standard InChI is InChI=1S/C14H17N5O/c1-9-7-17-19(8-9)3-2-16-13-6-12-10(4-11(13)15)5-14(20)18-12/h4,6-8,16H,2-3,5,15H2,1H3,(H,18,20). The van der Waals surface area contributed by atoms with E-state index in [1.807, 2.05) is 36.1 Å². The fraction of sp³-hybridized carbons (Fsp3) is 0.286. The van der Waals surface area contributed by atoms with E-state index in [2.05, 4.69) is 15.7 Å². The van der Waals surface area contributed by atoms with Crippen LogP contribution in [-0.4, -0.2) is 22.2 Å². The molecule has 20 heavy (non-hydrogen) atoms. The van der Waals surface area contributed by atoms with Gasteiger partial charge >= 0.3 is 0 Å². The maximum atomic E-state index is 11.3. The summed E-state index contributed by atoms with van der Waals surface area (Å²) in [4.78, 5) is 11.3. The van der Waals surface area contributed by atoms with Crippen molar-refractivity contribution < 1.29 is 4.79 Å². The van der Waals surface area contributed by atoms with Crippen molar-refractivity contribution in [1.29, 1.82) is 0 Å². The molecule has 0 spiro atoms. The van der Waals surface area contributed by atoms with E-state index in [1.54, 1.807) is 0 Å². The molecule has 0 fully saturated rings. The Morgan fingerprint density at radius 2 is 2.35 bits per heavy atom. The first-order valence-corrected chi connectivity index (χ1v) is 6.57. The summed E-state index contributed by atoms with van der Waals surface area (Å²) in [5.74, 6) is 0.0172. The van der Waals surface area contributed by atoms with E-state index >= 15 is 0 Å². The van der Waals surface area contributed by atoms with Gasteiger partial charge in [0.25, 0.3) is 0 Å². The van der Waals surface area contributed by atoms with Gasteiger partial charge in [0.1, 0.15) is 0 Å². The normalized spacial score (nSPS) is 13.2. The Labute approximate surface area is 117 Å². The molecular formula is C14H17N5O. The third-order valence-corrected chi connectivity index (χ3v) is 3.32. The van der Waals surface area contributed by atoms with Gasteiger partial charge in [-0.05, 0) is 30.2 Å². The highest BCUT2D eigenvalue weighted by atomic mass is 16.1. The van der Waals surface area contributed by atoms with E-state index in [-0.39, 0.29) is 5.91 Å². The minimum absolute atomic E-state index is 0.0172. The molecule has 3 rings (SSSR count).